The van der Waals surface area contributed by atoms with Gasteiger partial charge >= 0.3 is 0 Å². The first-order chi connectivity index (χ1) is 16.5. The van der Waals surface area contributed by atoms with Crippen molar-refractivity contribution in [1.82, 2.24) is 15.3 Å². The highest BCUT2D eigenvalue weighted by Gasteiger charge is 2.19. The molecule has 8 heteroatoms. The number of carbonyl (C=O) groups excluding carboxylic acids is 2. The number of para-hydroxylation sites is 1. The number of thiazole rings is 1. The van der Waals surface area contributed by atoms with E-state index in [-0.39, 0.29) is 22.9 Å². The minimum atomic E-state index is -0.493. The second kappa shape index (κ2) is 10.5. The number of nitrogens with one attached hydrogen (secondary N) is 2. The molecule has 0 aliphatic rings. The maximum absolute atomic E-state index is 15.1. The van der Waals surface area contributed by atoms with Gasteiger partial charge in [0.05, 0.1) is 16.8 Å². The maximum Gasteiger partial charge on any atom is 0.270 e. The molecule has 0 saturated carbocycles. The molecule has 2 aromatic carbocycles. The summed E-state index contributed by atoms with van der Waals surface area (Å²) in [5.41, 5.74) is 2.73. The van der Waals surface area contributed by atoms with Crippen molar-refractivity contribution >= 4 is 45.3 Å². The Bertz CT molecular complexity index is 1340. The van der Waals surface area contributed by atoms with E-state index in [1.54, 1.807) is 18.4 Å². The number of carbonyl (C=O) groups is 2. The van der Waals surface area contributed by atoms with E-state index >= 15 is 4.39 Å². The minimum absolute atomic E-state index is 0.0704. The Morgan fingerprint density at radius 3 is 2.65 bits per heavy atom. The van der Waals surface area contributed by atoms with Crippen LogP contribution < -0.4 is 10.6 Å². The van der Waals surface area contributed by atoms with Gasteiger partial charge in [0.1, 0.15) is 16.5 Å². The Kier molecular flexibility index (Phi) is 7.27. The maximum atomic E-state index is 15.1. The van der Waals surface area contributed by atoms with Gasteiger partial charge in [-0.2, -0.15) is 0 Å². The highest BCUT2D eigenvalue weighted by Crippen LogP contribution is 2.35. The van der Waals surface area contributed by atoms with Crippen molar-refractivity contribution in [2.45, 2.75) is 33.1 Å². The molecule has 1 amide bonds. The number of fused-ring (bicyclic) bond motifs is 1. The molecule has 6 nitrogen and oxygen atoms in total. The third-order valence-corrected chi connectivity index (χ3v) is 6.28. The lowest BCUT2D eigenvalue weighted by Gasteiger charge is -2.15. The Hall–Kier alpha value is -3.65. The van der Waals surface area contributed by atoms with Gasteiger partial charge < -0.3 is 10.6 Å². The van der Waals surface area contributed by atoms with Gasteiger partial charge in [-0.3, -0.25) is 14.6 Å². The number of ketones is 1. The van der Waals surface area contributed by atoms with E-state index in [1.165, 1.54) is 23.6 Å². The Balaban J connectivity index is 1.79. The first kappa shape index (κ1) is 23.5. The fourth-order valence-electron chi connectivity index (χ4n) is 3.55. The average Bonchev–Trinajstić information content (AvgIpc) is 3.34. The first-order valence-corrected chi connectivity index (χ1v) is 12.1. The summed E-state index contributed by atoms with van der Waals surface area (Å²) in [6.45, 7) is 4.41. The zero-order valence-corrected chi connectivity index (χ0v) is 19.8. The molecule has 0 spiro atoms. The van der Waals surface area contributed by atoms with Crippen LogP contribution in [0, 0.1) is 5.82 Å². The van der Waals surface area contributed by atoms with Gasteiger partial charge in [0.25, 0.3) is 5.91 Å². The molecule has 0 aliphatic carbocycles. The van der Waals surface area contributed by atoms with Crippen molar-refractivity contribution in [3.63, 3.8) is 0 Å². The second-order valence-corrected chi connectivity index (χ2v) is 8.67. The zero-order valence-electron chi connectivity index (χ0n) is 19.0. The molecular weight excluding hydrogens is 451 g/mol. The largest absolute Gasteiger partial charge is 0.354 e. The van der Waals surface area contributed by atoms with E-state index in [9.17, 15) is 9.59 Å². The van der Waals surface area contributed by atoms with Crippen LogP contribution in [0.25, 0.3) is 21.5 Å². The number of amides is 1. The van der Waals surface area contributed by atoms with E-state index in [4.69, 9.17) is 0 Å². The highest BCUT2D eigenvalue weighted by molar-refractivity contribution is 7.13. The summed E-state index contributed by atoms with van der Waals surface area (Å²) in [5, 5.41) is 8.75. The van der Waals surface area contributed by atoms with Crippen molar-refractivity contribution in [2.24, 2.45) is 0 Å². The lowest BCUT2D eigenvalue weighted by atomic mass is 10.0. The summed E-state index contributed by atoms with van der Waals surface area (Å²) in [6.07, 6.45) is 3.65. The molecule has 0 bridgehead atoms. The topological polar surface area (TPSA) is 84.0 Å². The van der Waals surface area contributed by atoms with E-state index in [0.717, 1.165) is 18.5 Å². The van der Waals surface area contributed by atoms with Crippen LogP contribution in [0.4, 0.5) is 15.8 Å². The van der Waals surface area contributed by atoms with Gasteiger partial charge in [-0.1, -0.05) is 38.5 Å². The van der Waals surface area contributed by atoms with Gasteiger partial charge in [0.15, 0.2) is 5.78 Å². The van der Waals surface area contributed by atoms with Crippen molar-refractivity contribution in [3.05, 3.63) is 71.1 Å². The normalized spacial score (nSPS) is 10.9. The number of aromatic nitrogens is 2. The van der Waals surface area contributed by atoms with Crippen LogP contribution in [0.1, 0.15) is 54.0 Å². The number of nitrogens with zero attached hydrogens (tertiary/aromatic N) is 2. The molecule has 0 atom stereocenters. The number of rotatable bonds is 9. The van der Waals surface area contributed by atoms with E-state index in [0.29, 0.717) is 40.1 Å². The summed E-state index contributed by atoms with van der Waals surface area (Å²) in [6, 6.07) is 12.4. The first-order valence-electron chi connectivity index (χ1n) is 11.2. The molecule has 0 saturated heterocycles. The van der Waals surface area contributed by atoms with Crippen LogP contribution in [0.15, 0.2) is 54.0 Å². The molecule has 2 aromatic heterocycles. The molecule has 4 rings (SSSR count). The summed E-state index contributed by atoms with van der Waals surface area (Å²) in [5.74, 6) is -0.840. The number of anilines is 2. The van der Waals surface area contributed by atoms with Crippen molar-refractivity contribution in [2.75, 3.05) is 11.9 Å². The molecule has 0 fully saturated rings. The number of hydrogen-bond donors (Lipinski definition) is 2. The van der Waals surface area contributed by atoms with E-state index in [2.05, 4.69) is 20.6 Å². The van der Waals surface area contributed by atoms with Crippen LogP contribution >= 0.6 is 11.3 Å². The van der Waals surface area contributed by atoms with Crippen molar-refractivity contribution < 1.29 is 14.0 Å². The summed E-state index contributed by atoms with van der Waals surface area (Å²) >= 11 is 1.20. The number of hydrogen-bond acceptors (Lipinski definition) is 6. The molecule has 0 radical (unpaired) electrons. The zero-order chi connectivity index (χ0) is 24.1. The Labute approximate surface area is 201 Å². The van der Waals surface area contributed by atoms with Crippen LogP contribution in [-0.4, -0.2) is 28.2 Å². The van der Waals surface area contributed by atoms with E-state index < -0.39 is 5.82 Å². The second-order valence-electron chi connectivity index (χ2n) is 7.81. The number of Topliss-reactive ketones (excluding diaryl/α,β-unsaturated/α-hetero) is 1. The van der Waals surface area contributed by atoms with Crippen molar-refractivity contribution in [3.8, 4) is 10.6 Å². The highest BCUT2D eigenvalue weighted by atomic mass is 32.1. The number of pyridine rings is 1. The Morgan fingerprint density at radius 1 is 1.12 bits per heavy atom. The smallest absolute Gasteiger partial charge is 0.270 e. The monoisotopic (exact) mass is 476 g/mol. The molecular formula is C26H25FN4O2S. The fourth-order valence-corrected chi connectivity index (χ4v) is 4.37. The lowest BCUT2D eigenvalue weighted by Crippen LogP contribution is -2.24. The van der Waals surface area contributed by atoms with Crippen molar-refractivity contribution in [1.29, 1.82) is 0 Å². The predicted octanol–water partition coefficient (Wildman–Crippen LogP) is 6.36. The quantitative estimate of drug-likeness (QED) is 0.217. The predicted molar refractivity (Wildman–Crippen MR) is 134 cm³/mol. The SMILES string of the molecule is CCCCNC(=O)c1csc(-c2cc3c(Nc4ccccc4)c(C(=O)CC)cnc3cc2F)n1. The number of benzene rings is 2. The van der Waals surface area contributed by atoms with Crippen LogP contribution in [0.2, 0.25) is 0 Å². The number of halogens is 1. The summed E-state index contributed by atoms with van der Waals surface area (Å²) < 4.78 is 15.1. The van der Waals surface area contributed by atoms with Crippen LogP contribution in [-0.2, 0) is 0 Å². The molecule has 2 N–H and O–H groups in total. The van der Waals surface area contributed by atoms with Crippen LogP contribution in [0.5, 0.6) is 0 Å². The third-order valence-electron chi connectivity index (χ3n) is 5.40. The summed E-state index contributed by atoms with van der Waals surface area (Å²) in [4.78, 5) is 33.7. The average molecular weight is 477 g/mol. The van der Waals surface area contributed by atoms with Gasteiger partial charge in [-0.05, 0) is 24.6 Å². The molecule has 4 aromatic rings. The third kappa shape index (κ3) is 4.97. The molecule has 2 heterocycles. The number of unbranched alkanes of at least 4 members (excludes halogenated alkanes) is 1. The fraction of sp³-hybridized carbons (Fsp3) is 0.231. The summed E-state index contributed by atoms with van der Waals surface area (Å²) in [7, 11) is 0. The molecule has 174 valence electrons. The molecule has 0 aliphatic heterocycles. The van der Waals surface area contributed by atoms with Gasteiger partial charge in [-0.25, -0.2) is 9.37 Å². The van der Waals surface area contributed by atoms with Gasteiger partial charge in [-0.15, -0.1) is 11.3 Å². The van der Waals surface area contributed by atoms with Gasteiger partial charge in [0, 0.05) is 47.2 Å². The lowest BCUT2D eigenvalue weighted by molar-refractivity contribution is 0.0947. The minimum Gasteiger partial charge on any atom is -0.354 e. The van der Waals surface area contributed by atoms with Crippen LogP contribution in [0.3, 0.4) is 0 Å². The molecule has 0 unspecified atom stereocenters. The molecule has 34 heavy (non-hydrogen) atoms. The standard InChI is InChI=1S/C26H25FN4O2S/c1-3-5-11-28-25(33)22-15-34-26(31-22)17-12-18-21(13-20(17)27)29-14-19(23(32)4-2)24(18)30-16-9-7-6-8-10-16/h6-10,12-15H,3-5,11H2,1-2H3,(H,28,33)(H,29,30). The van der Waals surface area contributed by atoms with Gasteiger partial charge in [0.2, 0.25) is 0 Å². The van der Waals surface area contributed by atoms with E-state index in [1.807, 2.05) is 37.3 Å². The Morgan fingerprint density at radius 2 is 1.91 bits per heavy atom.